The number of primary amides is 1. The Morgan fingerprint density at radius 2 is 2.05 bits per heavy atom. The number of aliphatic carboxylic acids is 1. The fraction of sp³-hybridized carbons (Fsp3) is 0.769. The molecule has 0 saturated carbocycles. The van der Waals surface area contributed by atoms with Gasteiger partial charge in [-0.2, -0.15) is 0 Å². The number of urea groups is 1. The molecule has 1 heterocycles. The van der Waals surface area contributed by atoms with Gasteiger partial charge < -0.3 is 21.1 Å². The van der Waals surface area contributed by atoms with Crippen LogP contribution in [0.4, 0.5) is 4.79 Å². The standard InChI is InChI=1S/C13H23N3O4/c1-13(2,11(18)19)6-10(17)16-5-3-4-9(8-16)7-15-12(14)20/h9H,3-8H2,1-2H3,(H,18,19)(H3,14,15,20). The number of carbonyl (C=O) groups excluding carboxylic acids is 2. The fourth-order valence-electron chi connectivity index (χ4n) is 2.27. The largest absolute Gasteiger partial charge is 0.481 e. The quantitative estimate of drug-likeness (QED) is 0.678. The Hall–Kier alpha value is -1.79. The zero-order valence-electron chi connectivity index (χ0n) is 12.0. The summed E-state index contributed by atoms with van der Waals surface area (Å²) in [4.78, 5) is 35.6. The maximum Gasteiger partial charge on any atom is 0.312 e. The first kappa shape index (κ1) is 16.3. The molecule has 1 fully saturated rings. The van der Waals surface area contributed by atoms with Crippen LogP contribution < -0.4 is 11.1 Å². The van der Waals surface area contributed by atoms with Crippen molar-refractivity contribution < 1.29 is 19.5 Å². The topological polar surface area (TPSA) is 113 Å². The molecule has 1 aliphatic rings. The molecule has 20 heavy (non-hydrogen) atoms. The van der Waals surface area contributed by atoms with Gasteiger partial charge in [0, 0.05) is 26.1 Å². The van der Waals surface area contributed by atoms with Crippen molar-refractivity contribution in [2.24, 2.45) is 17.1 Å². The molecule has 0 spiro atoms. The molecule has 0 aliphatic carbocycles. The summed E-state index contributed by atoms with van der Waals surface area (Å²) in [6, 6.07) is -0.569. The maximum absolute atomic E-state index is 12.2. The Labute approximate surface area is 118 Å². The van der Waals surface area contributed by atoms with E-state index in [-0.39, 0.29) is 18.2 Å². The van der Waals surface area contributed by atoms with Crippen molar-refractivity contribution in [1.82, 2.24) is 10.2 Å². The molecule has 1 rings (SSSR count). The van der Waals surface area contributed by atoms with Gasteiger partial charge in [0.25, 0.3) is 0 Å². The summed E-state index contributed by atoms with van der Waals surface area (Å²) < 4.78 is 0. The predicted molar refractivity (Wildman–Crippen MR) is 72.9 cm³/mol. The minimum Gasteiger partial charge on any atom is -0.481 e. The minimum atomic E-state index is -1.06. The summed E-state index contributed by atoms with van der Waals surface area (Å²) in [5.41, 5.74) is 3.96. The van der Waals surface area contributed by atoms with Gasteiger partial charge in [-0.05, 0) is 32.6 Å². The second-order valence-electron chi connectivity index (χ2n) is 5.96. The highest BCUT2D eigenvalue weighted by atomic mass is 16.4. The van der Waals surface area contributed by atoms with E-state index in [2.05, 4.69) is 5.32 Å². The number of hydrogen-bond donors (Lipinski definition) is 3. The lowest BCUT2D eigenvalue weighted by Crippen LogP contribution is -2.46. The van der Waals surface area contributed by atoms with Crippen LogP contribution in [-0.4, -0.2) is 47.5 Å². The van der Waals surface area contributed by atoms with Gasteiger partial charge in [-0.1, -0.05) is 0 Å². The lowest BCUT2D eigenvalue weighted by Gasteiger charge is -2.34. The number of carboxylic acids is 1. The van der Waals surface area contributed by atoms with E-state index in [1.54, 1.807) is 18.7 Å². The summed E-state index contributed by atoms with van der Waals surface area (Å²) in [7, 11) is 0. The highest BCUT2D eigenvalue weighted by Crippen LogP contribution is 2.24. The molecule has 0 radical (unpaired) electrons. The van der Waals surface area contributed by atoms with Gasteiger partial charge in [0.05, 0.1) is 5.41 Å². The summed E-state index contributed by atoms with van der Waals surface area (Å²) in [5.74, 6) is -0.955. The number of nitrogens with zero attached hydrogens (tertiary/aromatic N) is 1. The van der Waals surface area contributed by atoms with Crippen molar-refractivity contribution in [2.45, 2.75) is 33.1 Å². The van der Waals surface area contributed by atoms with E-state index in [1.165, 1.54) is 0 Å². The Balaban J connectivity index is 2.52. The molecule has 1 aliphatic heterocycles. The number of piperidine rings is 1. The molecule has 1 saturated heterocycles. The molecule has 0 aromatic rings. The van der Waals surface area contributed by atoms with Crippen LogP contribution in [0.15, 0.2) is 0 Å². The minimum absolute atomic E-state index is 0.0156. The molecule has 0 bridgehead atoms. The molecule has 114 valence electrons. The van der Waals surface area contributed by atoms with Gasteiger partial charge in [0.2, 0.25) is 5.91 Å². The lowest BCUT2D eigenvalue weighted by atomic mass is 9.88. The average molecular weight is 285 g/mol. The Morgan fingerprint density at radius 1 is 1.40 bits per heavy atom. The molecular weight excluding hydrogens is 262 g/mol. The molecule has 4 N–H and O–H groups in total. The Kier molecular flexibility index (Phi) is 5.35. The summed E-state index contributed by atoms with van der Waals surface area (Å²) in [6.07, 6.45) is 1.76. The average Bonchev–Trinajstić information content (AvgIpc) is 2.36. The third-order valence-corrected chi connectivity index (χ3v) is 3.61. The van der Waals surface area contributed by atoms with Crippen LogP contribution in [-0.2, 0) is 9.59 Å². The summed E-state index contributed by atoms with van der Waals surface area (Å²) >= 11 is 0. The Bertz CT molecular complexity index is 395. The number of nitrogens with two attached hydrogens (primary N) is 1. The van der Waals surface area contributed by atoms with Gasteiger partial charge in [0.15, 0.2) is 0 Å². The molecule has 1 unspecified atom stereocenters. The van der Waals surface area contributed by atoms with Gasteiger partial charge >= 0.3 is 12.0 Å². The molecule has 1 atom stereocenters. The van der Waals surface area contributed by atoms with Gasteiger partial charge in [-0.15, -0.1) is 0 Å². The number of carboxylic acid groups (broad SMARTS) is 1. The summed E-state index contributed by atoms with van der Waals surface area (Å²) in [5, 5.41) is 11.6. The first-order chi connectivity index (χ1) is 9.22. The van der Waals surface area contributed by atoms with Crippen LogP contribution in [0, 0.1) is 11.3 Å². The monoisotopic (exact) mass is 285 g/mol. The van der Waals surface area contributed by atoms with Gasteiger partial charge in [-0.25, -0.2) is 4.79 Å². The van der Waals surface area contributed by atoms with Crippen molar-refractivity contribution in [2.75, 3.05) is 19.6 Å². The van der Waals surface area contributed by atoms with E-state index in [0.717, 1.165) is 12.8 Å². The molecule has 3 amide bonds. The second-order valence-corrected chi connectivity index (χ2v) is 5.96. The highest BCUT2D eigenvalue weighted by molar-refractivity contribution is 5.84. The maximum atomic E-state index is 12.2. The van der Waals surface area contributed by atoms with Crippen LogP contribution in [0.3, 0.4) is 0 Å². The molecule has 7 heteroatoms. The predicted octanol–water partition coefficient (Wildman–Crippen LogP) is 0.394. The molecule has 0 aromatic heterocycles. The number of amides is 3. The zero-order valence-corrected chi connectivity index (χ0v) is 12.0. The van der Waals surface area contributed by atoms with Gasteiger partial charge in [0.1, 0.15) is 0 Å². The van der Waals surface area contributed by atoms with E-state index in [4.69, 9.17) is 10.8 Å². The number of likely N-dealkylation sites (tertiary alicyclic amines) is 1. The first-order valence-electron chi connectivity index (χ1n) is 6.77. The van der Waals surface area contributed by atoms with Crippen molar-refractivity contribution in [3.63, 3.8) is 0 Å². The smallest absolute Gasteiger partial charge is 0.312 e. The number of nitrogens with one attached hydrogen (secondary N) is 1. The Morgan fingerprint density at radius 3 is 2.60 bits per heavy atom. The van der Waals surface area contributed by atoms with Crippen LogP contribution in [0.25, 0.3) is 0 Å². The van der Waals surface area contributed by atoms with Crippen LogP contribution in [0.1, 0.15) is 33.1 Å². The molecular formula is C13H23N3O4. The number of hydrogen-bond acceptors (Lipinski definition) is 3. The zero-order chi connectivity index (χ0) is 15.3. The lowest BCUT2D eigenvalue weighted by molar-refractivity contribution is -0.152. The van der Waals surface area contributed by atoms with Crippen LogP contribution in [0.5, 0.6) is 0 Å². The number of rotatable bonds is 5. The first-order valence-corrected chi connectivity index (χ1v) is 6.77. The van der Waals surface area contributed by atoms with Crippen LogP contribution in [0.2, 0.25) is 0 Å². The van der Waals surface area contributed by atoms with Crippen LogP contribution >= 0.6 is 0 Å². The third-order valence-electron chi connectivity index (χ3n) is 3.61. The van der Waals surface area contributed by atoms with E-state index < -0.39 is 17.4 Å². The normalized spacial score (nSPS) is 19.5. The molecule has 0 aromatic carbocycles. The third kappa shape index (κ3) is 4.71. The van der Waals surface area contributed by atoms with Crippen molar-refractivity contribution in [3.05, 3.63) is 0 Å². The van der Waals surface area contributed by atoms with Gasteiger partial charge in [-0.3, -0.25) is 9.59 Å². The SMILES string of the molecule is CC(C)(CC(=O)N1CCCC(CNC(N)=O)C1)C(=O)O. The van der Waals surface area contributed by atoms with Crippen molar-refractivity contribution in [3.8, 4) is 0 Å². The van der Waals surface area contributed by atoms with E-state index >= 15 is 0 Å². The van der Waals surface area contributed by atoms with Crippen molar-refractivity contribution >= 4 is 17.9 Å². The number of carbonyl (C=O) groups is 3. The van der Waals surface area contributed by atoms with E-state index in [1.807, 2.05) is 0 Å². The van der Waals surface area contributed by atoms with E-state index in [9.17, 15) is 14.4 Å². The second kappa shape index (κ2) is 6.58. The summed E-state index contributed by atoms with van der Waals surface area (Å²) in [6.45, 7) is 4.71. The fourth-order valence-corrected chi connectivity index (χ4v) is 2.27. The van der Waals surface area contributed by atoms with E-state index in [0.29, 0.717) is 19.6 Å². The molecule has 7 nitrogen and oxygen atoms in total. The highest BCUT2D eigenvalue weighted by Gasteiger charge is 2.33. The van der Waals surface area contributed by atoms with Crippen molar-refractivity contribution in [1.29, 1.82) is 0 Å².